The van der Waals surface area contributed by atoms with E-state index in [0.717, 1.165) is 11.3 Å². The van der Waals surface area contributed by atoms with Crippen LogP contribution in [0, 0.1) is 6.92 Å². The van der Waals surface area contributed by atoms with Crippen LogP contribution in [-0.4, -0.2) is 91.4 Å². The van der Waals surface area contributed by atoms with E-state index in [9.17, 15) is 38.9 Å². The van der Waals surface area contributed by atoms with Crippen LogP contribution in [0.15, 0.2) is 94.4 Å². The molecule has 2 aromatic rings. The third-order valence-corrected chi connectivity index (χ3v) is 12.0. The van der Waals surface area contributed by atoms with Gasteiger partial charge in [-0.25, -0.2) is 0 Å². The molecular formula is C37H51NO12S3. The number of nitrogens with zero attached hydrogens (tertiary/aromatic N) is 1. The largest absolute Gasteiger partial charge is 0.382 e. The molecular weight excluding hydrogens is 747 g/mol. The first kappa shape index (κ1) is 44.2. The van der Waals surface area contributed by atoms with Gasteiger partial charge in [-0.2, -0.15) is 25.3 Å². The summed E-state index contributed by atoms with van der Waals surface area (Å²) >= 11 is 0. The number of hydrogen-bond acceptors (Lipinski definition) is 10. The van der Waals surface area contributed by atoms with Crippen molar-refractivity contribution in [3.63, 3.8) is 0 Å². The molecule has 1 aliphatic rings. The monoisotopic (exact) mass is 797 g/mol. The minimum atomic E-state index is -4.52. The second-order valence-electron chi connectivity index (χ2n) is 13.2. The van der Waals surface area contributed by atoms with Gasteiger partial charge < -0.3 is 19.1 Å². The quantitative estimate of drug-likeness (QED) is 0.0776. The highest BCUT2D eigenvalue weighted by atomic mass is 32.2. The smallest absolute Gasteiger partial charge is 0.294 e. The molecule has 3 rings (SSSR count). The van der Waals surface area contributed by atoms with Crippen LogP contribution >= 0.6 is 0 Å². The van der Waals surface area contributed by atoms with Gasteiger partial charge >= 0.3 is 0 Å². The van der Waals surface area contributed by atoms with Crippen LogP contribution in [0.2, 0.25) is 0 Å². The fraction of sp³-hybridized carbons (Fsp3) is 0.459. The normalized spacial score (nSPS) is 18.6. The maximum absolute atomic E-state index is 12.1. The van der Waals surface area contributed by atoms with Crippen molar-refractivity contribution >= 4 is 36.0 Å². The summed E-state index contributed by atoms with van der Waals surface area (Å²) in [6.07, 6.45) is 9.73. The highest BCUT2D eigenvalue weighted by Gasteiger charge is 2.43. The maximum Gasteiger partial charge on any atom is 0.294 e. The molecule has 53 heavy (non-hydrogen) atoms. The number of anilines is 1. The van der Waals surface area contributed by atoms with Gasteiger partial charge in [-0.3, -0.25) is 13.7 Å². The molecule has 0 spiro atoms. The molecule has 2 aromatic carbocycles. The first-order chi connectivity index (χ1) is 24.7. The molecule has 0 saturated heterocycles. The minimum absolute atomic E-state index is 0.0878. The lowest BCUT2D eigenvalue weighted by molar-refractivity contribution is 0.0219. The Kier molecular flexibility index (Phi) is 15.4. The molecule has 0 saturated carbocycles. The van der Waals surface area contributed by atoms with E-state index in [2.05, 4.69) is 6.58 Å². The Morgan fingerprint density at radius 3 is 2.09 bits per heavy atom. The number of allylic oxidation sites excluding steroid dienone is 7. The zero-order valence-electron chi connectivity index (χ0n) is 30.8. The average Bonchev–Trinajstić information content (AvgIpc) is 3.30. The molecule has 0 radical (unpaired) electrons. The van der Waals surface area contributed by atoms with Crippen LogP contribution in [0.4, 0.5) is 5.69 Å². The summed E-state index contributed by atoms with van der Waals surface area (Å²) in [5.74, 6) is -0.478. The first-order valence-corrected chi connectivity index (χ1v) is 21.5. The van der Waals surface area contributed by atoms with E-state index >= 15 is 0 Å². The Morgan fingerprint density at radius 1 is 0.887 bits per heavy atom. The van der Waals surface area contributed by atoms with Gasteiger partial charge in [0.05, 0.1) is 42.0 Å². The molecule has 1 aliphatic heterocycles. The number of ether oxygens (including phenoxy) is 3. The Bertz CT molecular complexity index is 2040. The molecule has 0 amide bonds. The van der Waals surface area contributed by atoms with E-state index < -0.39 is 46.9 Å². The van der Waals surface area contributed by atoms with E-state index in [4.69, 9.17) is 14.2 Å². The highest BCUT2D eigenvalue weighted by molar-refractivity contribution is 7.86. The zero-order valence-corrected chi connectivity index (χ0v) is 33.3. The molecule has 2 unspecified atom stereocenters. The Labute approximate surface area is 314 Å². The van der Waals surface area contributed by atoms with Gasteiger partial charge in [-0.05, 0) is 98.7 Å². The zero-order chi connectivity index (χ0) is 39.7. The lowest BCUT2D eigenvalue weighted by Gasteiger charge is -2.33. The molecule has 0 aliphatic carbocycles. The summed E-state index contributed by atoms with van der Waals surface area (Å²) in [7, 11) is -11.6. The number of aryl methyl sites for hydroxylation is 1. The number of rotatable bonds is 21. The number of methoxy groups -OCH3 is 1. The van der Waals surface area contributed by atoms with Crippen LogP contribution in [-0.2, 0) is 55.4 Å². The SMILES string of the molecule is C=C(/C=C/C=C/C=C1/N(CC)c2ccc(S(=O)(=O)O)cc2C1(C)CCCS(=O)(=O)O)C(C)(CCOCCOCCOC)c1cc(S(=O)(=O)O)ccc1C. The van der Waals surface area contributed by atoms with Crippen molar-refractivity contribution in [2.45, 2.75) is 67.6 Å². The van der Waals surface area contributed by atoms with E-state index in [0.29, 0.717) is 68.4 Å². The number of likely N-dealkylation sites (N-methyl/N-ethyl adjacent to an activating group) is 1. The molecule has 3 N–H and O–H groups in total. The number of hydrogen-bond donors (Lipinski definition) is 3. The number of fused-ring (bicyclic) bond motifs is 1. The summed E-state index contributed by atoms with van der Waals surface area (Å²) in [4.78, 5) is 1.46. The van der Waals surface area contributed by atoms with Gasteiger partial charge in [0.1, 0.15) is 0 Å². The standard InChI is InChI=1S/C37H51NO12S3/c1-7-38-34-17-16-31(53(45,46)47)27-33(34)37(5,18-11-25-51(39,40)41)35(38)13-10-8-9-12-29(3)36(4,19-20-49-23-24-50-22-21-48-6)32-26-30(52(42,43)44)15-14-28(32)2/h8-10,12-17,26-27H,3,7,11,18-25H2,1-2,4-6H3,(H,39,40,41)(H,42,43,44)(H,45,46,47)/b10-8+,12-9+,35-13+. The molecule has 1 heterocycles. The molecule has 0 fully saturated rings. The van der Waals surface area contributed by atoms with Gasteiger partial charge in [-0.1, -0.05) is 43.9 Å². The lowest BCUT2D eigenvalue weighted by atomic mass is 9.72. The van der Waals surface area contributed by atoms with Crippen LogP contribution < -0.4 is 4.90 Å². The van der Waals surface area contributed by atoms with Crippen molar-refractivity contribution in [3.05, 3.63) is 101 Å². The van der Waals surface area contributed by atoms with E-state index in [-0.39, 0.29) is 22.6 Å². The van der Waals surface area contributed by atoms with Gasteiger partial charge in [-0.15, -0.1) is 0 Å². The molecule has 0 bridgehead atoms. The predicted octanol–water partition coefficient (Wildman–Crippen LogP) is 5.83. The molecule has 13 nitrogen and oxygen atoms in total. The summed E-state index contributed by atoms with van der Waals surface area (Å²) in [6, 6.07) is 8.75. The topological polar surface area (TPSA) is 194 Å². The van der Waals surface area contributed by atoms with Crippen molar-refractivity contribution < 1.29 is 53.1 Å². The van der Waals surface area contributed by atoms with Crippen molar-refractivity contribution in [1.82, 2.24) is 0 Å². The molecule has 16 heteroatoms. The van der Waals surface area contributed by atoms with Gasteiger partial charge in [0.25, 0.3) is 30.4 Å². The van der Waals surface area contributed by atoms with E-state index in [1.165, 1.54) is 24.3 Å². The third-order valence-electron chi connectivity index (χ3n) is 9.54. The second kappa shape index (κ2) is 18.4. The number of benzene rings is 2. The molecule has 2 atom stereocenters. The summed E-state index contributed by atoms with van der Waals surface area (Å²) in [5.41, 5.74) is 2.46. The Hall–Kier alpha value is -3.19. The lowest BCUT2D eigenvalue weighted by Crippen LogP contribution is -2.29. The van der Waals surface area contributed by atoms with Gasteiger partial charge in [0.15, 0.2) is 0 Å². The fourth-order valence-electron chi connectivity index (χ4n) is 6.54. The molecule has 0 aromatic heterocycles. The Morgan fingerprint density at radius 2 is 1.49 bits per heavy atom. The predicted molar refractivity (Wildman–Crippen MR) is 204 cm³/mol. The van der Waals surface area contributed by atoms with Crippen molar-refractivity contribution in [2.75, 3.05) is 57.3 Å². The van der Waals surface area contributed by atoms with Crippen molar-refractivity contribution in [2.24, 2.45) is 0 Å². The van der Waals surface area contributed by atoms with Gasteiger partial charge in [0.2, 0.25) is 0 Å². The minimum Gasteiger partial charge on any atom is -0.382 e. The van der Waals surface area contributed by atoms with Crippen molar-refractivity contribution in [3.8, 4) is 0 Å². The second-order valence-corrected chi connectivity index (χ2v) is 17.6. The highest BCUT2D eigenvalue weighted by Crippen LogP contribution is 2.51. The van der Waals surface area contributed by atoms with Crippen LogP contribution in [0.5, 0.6) is 0 Å². The fourth-order valence-corrected chi connectivity index (χ4v) is 8.06. The van der Waals surface area contributed by atoms with Crippen LogP contribution in [0.25, 0.3) is 0 Å². The average molecular weight is 798 g/mol. The van der Waals surface area contributed by atoms with E-state index in [1.54, 1.807) is 43.5 Å². The summed E-state index contributed by atoms with van der Waals surface area (Å²) in [5, 5.41) is 0. The van der Waals surface area contributed by atoms with Crippen molar-refractivity contribution in [1.29, 1.82) is 0 Å². The van der Waals surface area contributed by atoms with Crippen LogP contribution in [0.1, 0.15) is 56.7 Å². The third kappa shape index (κ3) is 11.7. The van der Waals surface area contributed by atoms with E-state index in [1.807, 2.05) is 38.7 Å². The summed E-state index contributed by atoms with van der Waals surface area (Å²) in [6.45, 7) is 14.3. The summed E-state index contributed by atoms with van der Waals surface area (Å²) < 4.78 is 116. The molecule has 294 valence electrons. The Balaban J connectivity index is 1.95. The van der Waals surface area contributed by atoms with Gasteiger partial charge in [0, 0.05) is 42.5 Å². The van der Waals surface area contributed by atoms with Crippen LogP contribution in [0.3, 0.4) is 0 Å². The maximum atomic E-state index is 12.1. The first-order valence-electron chi connectivity index (χ1n) is 17.0.